The van der Waals surface area contributed by atoms with Crippen LogP contribution < -0.4 is 4.74 Å². The van der Waals surface area contributed by atoms with Crippen LogP contribution in [-0.4, -0.2) is 26.1 Å². The van der Waals surface area contributed by atoms with E-state index in [0.717, 1.165) is 23.3 Å². The third-order valence-corrected chi connectivity index (χ3v) is 2.63. The average molecular weight is 236 g/mol. The Bertz CT molecular complexity index is 372. The van der Waals surface area contributed by atoms with Crippen molar-refractivity contribution < 1.29 is 14.3 Å². The summed E-state index contributed by atoms with van der Waals surface area (Å²) in [6.45, 7) is 5.24. The quantitative estimate of drug-likeness (QED) is 0.539. The lowest BCUT2D eigenvalue weighted by Gasteiger charge is -2.07. The molecule has 94 valence electrons. The van der Waals surface area contributed by atoms with E-state index in [1.807, 2.05) is 32.0 Å². The molecule has 0 saturated carbocycles. The first-order valence-corrected chi connectivity index (χ1v) is 5.94. The van der Waals surface area contributed by atoms with Crippen LogP contribution in [0, 0.1) is 6.92 Å². The molecule has 1 rings (SSSR count). The fourth-order valence-electron chi connectivity index (χ4n) is 1.69. The average Bonchev–Trinajstić information content (AvgIpc) is 2.34. The second-order valence-electron chi connectivity index (χ2n) is 3.90. The zero-order valence-corrected chi connectivity index (χ0v) is 10.8. The van der Waals surface area contributed by atoms with Crippen LogP contribution in [-0.2, 0) is 4.74 Å². The van der Waals surface area contributed by atoms with E-state index in [-0.39, 0.29) is 5.78 Å². The highest BCUT2D eigenvalue weighted by atomic mass is 16.5. The summed E-state index contributed by atoms with van der Waals surface area (Å²) >= 11 is 0. The van der Waals surface area contributed by atoms with E-state index in [4.69, 9.17) is 9.47 Å². The minimum Gasteiger partial charge on any atom is -0.497 e. The third-order valence-electron chi connectivity index (χ3n) is 2.63. The number of aryl methyl sites for hydroxylation is 1. The number of rotatable bonds is 7. The van der Waals surface area contributed by atoms with Gasteiger partial charge in [0.2, 0.25) is 0 Å². The molecule has 0 radical (unpaired) electrons. The molecule has 0 aliphatic carbocycles. The second kappa shape index (κ2) is 7.07. The number of methoxy groups -OCH3 is 1. The zero-order chi connectivity index (χ0) is 12.7. The van der Waals surface area contributed by atoms with Gasteiger partial charge in [0, 0.05) is 25.2 Å². The Morgan fingerprint density at radius 1 is 1.35 bits per heavy atom. The number of benzene rings is 1. The van der Waals surface area contributed by atoms with Crippen molar-refractivity contribution in [1.82, 2.24) is 0 Å². The van der Waals surface area contributed by atoms with Gasteiger partial charge < -0.3 is 9.47 Å². The number of Topliss-reactive ketones (excluding diaryl/α,β-unsaturated/α-hetero) is 1. The van der Waals surface area contributed by atoms with Gasteiger partial charge in [-0.15, -0.1) is 0 Å². The van der Waals surface area contributed by atoms with E-state index < -0.39 is 0 Å². The molecule has 0 saturated heterocycles. The summed E-state index contributed by atoms with van der Waals surface area (Å²) in [4.78, 5) is 11.9. The second-order valence-corrected chi connectivity index (χ2v) is 3.90. The van der Waals surface area contributed by atoms with Gasteiger partial charge in [-0.1, -0.05) is 0 Å². The van der Waals surface area contributed by atoms with Gasteiger partial charge in [-0.25, -0.2) is 0 Å². The monoisotopic (exact) mass is 236 g/mol. The summed E-state index contributed by atoms with van der Waals surface area (Å²) in [5.74, 6) is 0.957. The Kier molecular flexibility index (Phi) is 5.70. The van der Waals surface area contributed by atoms with Crippen LogP contribution in [0.15, 0.2) is 18.2 Å². The highest BCUT2D eigenvalue weighted by Gasteiger charge is 2.09. The van der Waals surface area contributed by atoms with Crippen LogP contribution in [0.25, 0.3) is 0 Å². The van der Waals surface area contributed by atoms with Gasteiger partial charge in [-0.2, -0.15) is 0 Å². The molecular formula is C14H20O3. The highest BCUT2D eigenvalue weighted by Crippen LogP contribution is 2.18. The van der Waals surface area contributed by atoms with E-state index in [2.05, 4.69) is 0 Å². The fraction of sp³-hybridized carbons (Fsp3) is 0.500. The molecular weight excluding hydrogens is 216 g/mol. The Hall–Kier alpha value is -1.35. The van der Waals surface area contributed by atoms with Gasteiger partial charge in [0.1, 0.15) is 5.75 Å². The number of hydrogen-bond acceptors (Lipinski definition) is 3. The van der Waals surface area contributed by atoms with Crippen LogP contribution >= 0.6 is 0 Å². The van der Waals surface area contributed by atoms with Crippen LogP contribution in [0.3, 0.4) is 0 Å². The van der Waals surface area contributed by atoms with Crippen molar-refractivity contribution in [1.29, 1.82) is 0 Å². The molecule has 0 bridgehead atoms. The Labute approximate surface area is 103 Å². The maximum atomic E-state index is 11.9. The number of ketones is 1. The molecule has 0 aliphatic rings. The molecule has 0 fully saturated rings. The van der Waals surface area contributed by atoms with E-state index in [9.17, 15) is 4.79 Å². The summed E-state index contributed by atoms with van der Waals surface area (Å²) in [6, 6.07) is 5.54. The lowest BCUT2D eigenvalue weighted by atomic mass is 10.0. The molecule has 1 aromatic carbocycles. The Morgan fingerprint density at radius 2 is 2.12 bits per heavy atom. The SMILES string of the molecule is CCOCCCC(=O)c1ccc(OC)cc1C. The number of carbonyl (C=O) groups is 1. The van der Waals surface area contributed by atoms with Crippen LogP contribution in [0.1, 0.15) is 35.7 Å². The molecule has 0 spiro atoms. The van der Waals surface area contributed by atoms with Crippen molar-refractivity contribution >= 4 is 5.78 Å². The standard InChI is InChI=1S/C14H20O3/c1-4-17-9-5-6-14(15)13-8-7-12(16-3)10-11(13)2/h7-8,10H,4-6,9H2,1-3H3. The molecule has 0 amide bonds. The van der Waals surface area contributed by atoms with Crippen LogP contribution in [0.5, 0.6) is 5.75 Å². The van der Waals surface area contributed by atoms with Crippen LogP contribution in [0.2, 0.25) is 0 Å². The Balaban J connectivity index is 2.57. The zero-order valence-electron chi connectivity index (χ0n) is 10.8. The first-order valence-electron chi connectivity index (χ1n) is 5.94. The predicted molar refractivity (Wildman–Crippen MR) is 67.8 cm³/mol. The molecule has 3 heteroatoms. The summed E-state index contributed by atoms with van der Waals surface area (Å²) in [6.07, 6.45) is 1.31. The molecule has 0 aromatic heterocycles. The van der Waals surface area contributed by atoms with Gasteiger partial charge in [0.05, 0.1) is 7.11 Å². The molecule has 0 aliphatic heterocycles. The summed E-state index contributed by atoms with van der Waals surface area (Å²) in [5, 5.41) is 0. The number of ether oxygens (including phenoxy) is 2. The maximum absolute atomic E-state index is 11.9. The Morgan fingerprint density at radius 3 is 2.71 bits per heavy atom. The molecule has 0 atom stereocenters. The van der Waals surface area contributed by atoms with Crippen LogP contribution in [0.4, 0.5) is 0 Å². The van der Waals surface area contributed by atoms with Gasteiger partial charge in [-0.3, -0.25) is 4.79 Å². The van der Waals surface area contributed by atoms with Gasteiger partial charge in [0.25, 0.3) is 0 Å². The van der Waals surface area contributed by atoms with Crippen molar-refractivity contribution in [3.63, 3.8) is 0 Å². The molecule has 0 heterocycles. The van der Waals surface area contributed by atoms with Crippen molar-refractivity contribution in [2.75, 3.05) is 20.3 Å². The first-order chi connectivity index (χ1) is 8.19. The summed E-state index contributed by atoms with van der Waals surface area (Å²) in [7, 11) is 1.62. The molecule has 17 heavy (non-hydrogen) atoms. The van der Waals surface area contributed by atoms with Gasteiger partial charge in [0.15, 0.2) is 5.78 Å². The molecule has 1 aromatic rings. The van der Waals surface area contributed by atoms with E-state index in [1.54, 1.807) is 7.11 Å². The van der Waals surface area contributed by atoms with E-state index in [0.29, 0.717) is 19.6 Å². The molecule has 0 N–H and O–H groups in total. The van der Waals surface area contributed by atoms with E-state index in [1.165, 1.54) is 0 Å². The topological polar surface area (TPSA) is 35.5 Å². The largest absolute Gasteiger partial charge is 0.497 e. The number of carbonyl (C=O) groups excluding carboxylic acids is 1. The van der Waals surface area contributed by atoms with E-state index >= 15 is 0 Å². The highest BCUT2D eigenvalue weighted by molar-refractivity contribution is 5.97. The molecule has 3 nitrogen and oxygen atoms in total. The first kappa shape index (κ1) is 13.7. The minimum atomic E-state index is 0.171. The smallest absolute Gasteiger partial charge is 0.163 e. The summed E-state index contributed by atoms with van der Waals surface area (Å²) < 4.78 is 10.3. The summed E-state index contributed by atoms with van der Waals surface area (Å²) in [5.41, 5.74) is 1.74. The van der Waals surface area contributed by atoms with Crippen molar-refractivity contribution in [3.05, 3.63) is 29.3 Å². The van der Waals surface area contributed by atoms with Gasteiger partial charge >= 0.3 is 0 Å². The van der Waals surface area contributed by atoms with Crippen molar-refractivity contribution in [2.45, 2.75) is 26.7 Å². The molecule has 0 unspecified atom stereocenters. The minimum absolute atomic E-state index is 0.171. The third kappa shape index (κ3) is 4.19. The number of hydrogen-bond donors (Lipinski definition) is 0. The fourth-order valence-corrected chi connectivity index (χ4v) is 1.69. The normalized spacial score (nSPS) is 10.3. The van der Waals surface area contributed by atoms with Crippen molar-refractivity contribution in [2.24, 2.45) is 0 Å². The maximum Gasteiger partial charge on any atom is 0.163 e. The lowest BCUT2D eigenvalue weighted by molar-refractivity contribution is 0.0946. The predicted octanol–water partition coefficient (Wildman–Crippen LogP) is 3.00. The lowest BCUT2D eigenvalue weighted by Crippen LogP contribution is -2.04. The van der Waals surface area contributed by atoms with Crippen molar-refractivity contribution in [3.8, 4) is 5.75 Å². The van der Waals surface area contributed by atoms with Gasteiger partial charge in [-0.05, 0) is 44.0 Å².